The Balaban J connectivity index is 1.87. The summed E-state index contributed by atoms with van der Waals surface area (Å²) in [6.45, 7) is 0.122. The van der Waals surface area contributed by atoms with Crippen LogP contribution in [-0.2, 0) is 6.18 Å². The van der Waals surface area contributed by atoms with Crippen molar-refractivity contribution in [2.45, 2.75) is 6.18 Å². The summed E-state index contributed by atoms with van der Waals surface area (Å²) in [7, 11) is 1.65. The van der Waals surface area contributed by atoms with Crippen molar-refractivity contribution in [2.75, 3.05) is 18.7 Å². The van der Waals surface area contributed by atoms with Crippen molar-refractivity contribution in [3.8, 4) is 11.5 Å². The van der Waals surface area contributed by atoms with E-state index in [2.05, 4.69) is 9.97 Å². The topological polar surface area (TPSA) is 47.5 Å². The zero-order valence-electron chi connectivity index (χ0n) is 13.0. The number of hydrogen-bond acceptors (Lipinski definition) is 5. The van der Waals surface area contributed by atoms with Crippen LogP contribution in [0.1, 0.15) is 5.82 Å². The summed E-state index contributed by atoms with van der Waals surface area (Å²) in [5.41, 5.74) is 0.855. The molecule has 4 rings (SSSR count). The SMILES string of the molecule is CN(c1ccc2c(c1)OCO2)c1nc(C(F)(F)F)nc2ccccc12. The molecule has 0 spiro atoms. The highest BCUT2D eigenvalue weighted by molar-refractivity contribution is 5.91. The zero-order chi connectivity index (χ0) is 17.6. The van der Waals surface area contributed by atoms with Gasteiger partial charge in [0, 0.05) is 24.2 Å². The average molecular weight is 347 g/mol. The first-order valence-electron chi connectivity index (χ1n) is 7.41. The van der Waals surface area contributed by atoms with Gasteiger partial charge in [-0.15, -0.1) is 0 Å². The van der Waals surface area contributed by atoms with Crippen molar-refractivity contribution in [2.24, 2.45) is 0 Å². The molecule has 2 heterocycles. The van der Waals surface area contributed by atoms with Crippen LogP contribution in [0.25, 0.3) is 10.9 Å². The van der Waals surface area contributed by atoms with Gasteiger partial charge in [-0.25, -0.2) is 9.97 Å². The Bertz CT molecular complexity index is 960. The minimum absolute atomic E-state index is 0.122. The van der Waals surface area contributed by atoms with Crippen molar-refractivity contribution in [1.82, 2.24) is 9.97 Å². The number of aromatic nitrogens is 2. The number of para-hydroxylation sites is 1. The van der Waals surface area contributed by atoms with Gasteiger partial charge >= 0.3 is 6.18 Å². The first-order chi connectivity index (χ1) is 11.9. The van der Waals surface area contributed by atoms with Crippen LogP contribution < -0.4 is 14.4 Å². The number of ether oxygens (including phenoxy) is 2. The molecule has 0 saturated heterocycles. The third kappa shape index (κ3) is 2.69. The first kappa shape index (κ1) is 15.5. The Morgan fingerprint density at radius 3 is 2.56 bits per heavy atom. The summed E-state index contributed by atoms with van der Waals surface area (Å²) in [6.07, 6.45) is -4.63. The molecule has 0 N–H and O–H groups in total. The monoisotopic (exact) mass is 347 g/mol. The molecule has 8 heteroatoms. The van der Waals surface area contributed by atoms with Crippen molar-refractivity contribution in [3.63, 3.8) is 0 Å². The van der Waals surface area contributed by atoms with Gasteiger partial charge in [-0.2, -0.15) is 13.2 Å². The number of alkyl halides is 3. The Labute approximate surface area is 140 Å². The number of halogens is 3. The van der Waals surface area contributed by atoms with Gasteiger partial charge in [0.25, 0.3) is 0 Å². The molecule has 0 aliphatic carbocycles. The van der Waals surface area contributed by atoms with Crippen molar-refractivity contribution in [1.29, 1.82) is 0 Å². The molecule has 1 aliphatic rings. The normalized spacial score (nSPS) is 13.3. The number of hydrogen-bond donors (Lipinski definition) is 0. The second-order valence-corrected chi connectivity index (χ2v) is 5.48. The minimum Gasteiger partial charge on any atom is -0.454 e. The van der Waals surface area contributed by atoms with E-state index >= 15 is 0 Å². The summed E-state index contributed by atoms with van der Waals surface area (Å²) in [5.74, 6) is 0.130. The predicted octanol–water partition coefficient (Wildman–Crippen LogP) is 4.15. The average Bonchev–Trinajstić information content (AvgIpc) is 3.07. The molecule has 0 amide bonds. The van der Waals surface area contributed by atoms with Gasteiger partial charge in [-0.3, -0.25) is 0 Å². The maximum Gasteiger partial charge on any atom is 0.451 e. The summed E-state index contributed by atoms with van der Waals surface area (Å²) >= 11 is 0. The molecular weight excluding hydrogens is 335 g/mol. The Hall–Kier alpha value is -3.03. The molecule has 0 radical (unpaired) electrons. The van der Waals surface area contributed by atoms with E-state index in [0.29, 0.717) is 22.6 Å². The molecule has 1 aromatic heterocycles. The fourth-order valence-electron chi connectivity index (χ4n) is 2.66. The standard InChI is InChI=1S/C17H12F3N3O2/c1-23(10-6-7-13-14(8-10)25-9-24-13)15-11-4-2-3-5-12(11)21-16(22-15)17(18,19)20/h2-8H,9H2,1H3. The summed E-state index contributed by atoms with van der Waals surface area (Å²) in [4.78, 5) is 8.96. The summed E-state index contributed by atoms with van der Waals surface area (Å²) < 4.78 is 50.1. The van der Waals surface area contributed by atoms with E-state index in [1.54, 1.807) is 48.3 Å². The van der Waals surface area contributed by atoms with Crippen LogP contribution in [0, 0.1) is 0 Å². The lowest BCUT2D eigenvalue weighted by molar-refractivity contribution is -0.144. The summed E-state index contributed by atoms with van der Waals surface area (Å²) in [5, 5.41) is 0.524. The highest BCUT2D eigenvalue weighted by atomic mass is 19.4. The third-order valence-corrected chi connectivity index (χ3v) is 3.90. The molecule has 3 aromatic rings. The largest absolute Gasteiger partial charge is 0.454 e. The quantitative estimate of drug-likeness (QED) is 0.697. The van der Waals surface area contributed by atoms with Crippen LogP contribution in [-0.4, -0.2) is 23.8 Å². The van der Waals surface area contributed by atoms with Crippen LogP contribution >= 0.6 is 0 Å². The smallest absolute Gasteiger partial charge is 0.451 e. The van der Waals surface area contributed by atoms with Gasteiger partial charge in [0.1, 0.15) is 5.82 Å². The molecule has 0 atom stereocenters. The number of rotatable bonds is 2. The van der Waals surface area contributed by atoms with Gasteiger partial charge in [-0.1, -0.05) is 12.1 Å². The van der Waals surface area contributed by atoms with Gasteiger partial charge in [-0.05, 0) is 24.3 Å². The lowest BCUT2D eigenvalue weighted by Crippen LogP contribution is -2.17. The predicted molar refractivity (Wildman–Crippen MR) is 85.2 cm³/mol. The molecule has 0 fully saturated rings. The van der Waals surface area contributed by atoms with Gasteiger partial charge in [0.15, 0.2) is 11.5 Å². The number of benzene rings is 2. The van der Waals surface area contributed by atoms with E-state index in [-0.39, 0.29) is 18.1 Å². The lowest BCUT2D eigenvalue weighted by Gasteiger charge is -2.21. The zero-order valence-corrected chi connectivity index (χ0v) is 13.0. The second kappa shape index (κ2) is 5.51. The molecule has 0 bridgehead atoms. The third-order valence-electron chi connectivity index (χ3n) is 3.90. The van der Waals surface area contributed by atoms with Crippen molar-refractivity contribution in [3.05, 3.63) is 48.3 Å². The Morgan fingerprint density at radius 1 is 1.00 bits per heavy atom. The van der Waals surface area contributed by atoms with Crippen LogP contribution in [0.5, 0.6) is 11.5 Å². The maximum atomic E-state index is 13.2. The van der Waals surface area contributed by atoms with E-state index in [1.165, 1.54) is 6.07 Å². The molecule has 1 aliphatic heterocycles. The maximum absolute atomic E-state index is 13.2. The van der Waals surface area contributed by atoms with E-state index in [1.807, 2.05) is 0 Å². The van der Waals surface area contributed by atoms with Crippen LogP contribution in [0.4, 0.5) is 24.7 Å². The molecule has 2 aromatic carbocycles. The van der Waals surface area contributed by atoms with Crippen LogP contribution in [0.2, 0.25) is 0 Å². The molecular formula is C17H12F3N3O2. The van der Waals surface area contributed by atoms with E-state index in [4.69, 9.17) is 9.47 Å². The number of anilines is 2. The number of fused-ring (bicyclic) bond motifs is 2. The van der Waals surface area contributed by atoms with Crippen LogP contribution in [0.15, 0.2) is 42.5 Å². The van der Waals surface area contributed by atoms with Gasteiger partial charge in [0.2, 0.25) is 12.6 Å². The minimum atomic E-state index is -4.63. The molecule has 25 heavy (non-hydrogen) atoms. The molecule has 0 unspecified atom stereocenters. The highest BCUT2D eigenvalue weighted by Gasteiger charge is 2.36. The lowest BCUT2D eigenvalue weighted by atomic mass is 10.2. The molecule has 5 nitrogen and oxygen atoms in total. The Morgan fingerprint density at radius 2 is 1.76 bits per heavy atom. The van der Waals surface area contributed by atoms with Crippen LogP contribution in [0.3, 0.4) is 0 Å². The van der Waals surface area contributed by atoms with E-state index < -0.39 is 12.0 Å². The van der Waals surface area contributed by atoms with Crippen molar-refractivity contribution < 1.29 is 22.6 Å². The number of nitrogens with zero attached hydrogens (tertiary/aromatic N) is 3. The fourth-order valence-corrected chi connectivity index (χ4v) is 2.66. The molecule has 0 saturated carbocycles. The highest BCUT2D eigenvalue weighted by Crippen LogP contribution is 2.38. The fraction of sp³-hybridized carbons (Fsp3) is 0.176. The molecule has 128 valence electrons. The summed E-state index contributed by atoms with van der Waals surface area (Å²) in [6, 6.07) is 11.7. The van der Waals surface area contributed by atoms with E-state index in [0.717, 1.165) is 0 Å². The Kier molecular flexibility index (Phi) is 3.41. The van der Waals surface area contributed by atoms with Gasteiger partial charge in [0.05, 0.1) is 5.52 Å². The first-order valence-corrected chi connectivity index (χ1v) is 7.41. The second-order valence-electron chi connectivity index (χ2n) is 5.48. The van der Waals surface area contributed by atoms with Gasteiger partial charge < -0.3 is 14.4 Å². The van der Waals surface area contributed by atoms with E-state index in [9.17, 15) is 13.2 Å². The van der Waals surface area contributed by atoms with Crippen molar-refractivity contribution >= 4 is 22.4 Å².